The van der Waals surface area contributed by atoms with Crippen LogP contribution < -0.4 is 16.0 Å². The first-order valence-electron chi connectivity index (χ1n) is 8.11. The first-order valence-corrected chi connectivity index (χ1v) is 8.11. The normalized spacial score (nSPS) is 17.8. The number of aryl methyl sites for hydroxylation is 1. The molecule has 7 nitrogen and oxygen atoms in total. The summed E-state index contributed by atoms with van der Waals surface area (Å²) in [6.45, 7) is 3.91. The Balaban J connectivity index is 1.77. The van der Waals surface area contributed by atoms with Crippen LogP contribution in [0.3, 0.4) is 0 Å². The Bertz CT molecular complexity index is 732. The fourth-order valence-electron chi connectivity index (χ4n) is 2.46. The van der Waals surface area contributed by atoms with Crippen molar-refractivity contribution in [2.45, 2.75) is 19.2 Å². The first kappa shape index (κ1) is 18.3. The highest BCUT2D eigenvalue weighted by atomic mass is 19.4. The van der Waals surface area contributed by atoms with Gasteiger partial charge in [-0.05, 0) is 6.92 Å². The SMILES string of the molecule is Cc1cnc(Nc2cc(NCC3CNCCO3)c(C(F)(F)F)cn2)cn1. The van der Waals surface area contributed by atoms with Gasteiger partial charge in [-0.15, -0.1) is 0 Å². The second-order valence-electron chi connectivity index (χ2n) is 5.86. The molecule has 0 spiro atoms. The zero-order valence-corrected chi connectivity index (χ0v) is 14.1. The van der Waals surface area contributed by atoms with E-state index in [-0.39, 0.29) is 24.2 Å². The summed E-state index contributed by atoms with van der Waals surface area (Å²) in [5.74, 6) is 0.634. The molecule has 3 rings (SSSR count). The smallest absolute Gasteiger partial charge is 0.382 e. The van der Waals surface area contributed by atoms with Crippen molar-refractivity contribution in [3.8, 4) is 0 Å². The Morgan fingerprint density at radius 3 is 2.65 bits per heavy atom. The number of nitrogens with zero attached hydrogens (tertiary/aromatic N) is 3. The number of hydrogen-bond acceptors (Lipinski definition) is 7. The van der Waals surface area contributed by atoms with Gasteiger partial charge < -0.3 is 20.7 Å². The van der Waals surface area contributed by atoms with Crippen LogP contribution >= 0.6 is 0 Å². The van der Waals surface area contributed by atoms with E-state index in [1.165, 1.54) is 12.3 Å². The molecule has 10 heteroatoms. The molecule has 2 aromatic rings. The van der Waals surface area contributed by atoms with E-state index in [2.05, 4.69) is 30.9 Å². The Morgan fingerprint density at radius 1 is 1.19 bits per heavy atom. The minimum atomic E-state index is -4.51. The number of aromatic nitrogens is 3. The van der Waals surface area contributed by atoms with Crippen LogP contribution in [0.4, 0.5) is 30.5 Å². The molecule has 1 fully saturated rings. The number of alkyl halides is 3. The third-order valence-electron chi connectivity index (χ3n) is 3.77. The average molecular weight is 368 g/mol. The maximum atomic E-state index is 13.3. The van der Waals surface area contributed by atoms with Crippen molar-refractivity contribution in [2.24, 2.45) is 0 Å². The molecule has 0 aromatic carbocycles. The van der Waals surface area contributed by atoms with Gasteiger partial charge in [-0.2, -0.15) is 13.2 Å². The van der Waals surface area contributed by atoms with Crippen LogP contribution in [0.15, 0.2) is 24.7 Å². The molecule has 1 aliphatic heterocycles. The minimum Gasteiger partial charge on any atom is -0.382 e. The monoisotopic (exact) mass is 368 g/mol. The van der Waals surface area contributed by atoms with Crippen LogP contribution in [0.5, 0.6) is 0 Å². The van der Waals surface area contributed by atoms with E-state index in [9.17, 15) is 13.2 Å². The van der Waals surface area contributed by atoms with E-state index < -0.39 is 11.7 Å². The van der Waals surface area contributed by atoms with Gasteiger partial charge in [-0.1, -0.05) is 0 Å². The molecule has 1 atom stereocenters. The lowest BCUT2D eigenvalue weighted by Gasteiger charge is -2.25. The van der Waals surface area contributed by atoms with Gasteiger partial charge in [0.1, 0.15) is 11.6 Å². The summed E-state index contributed by atoms with van der Waals surface area (Å²) >= 11 is 0. The molecule has 1 aliphatic rings. The first-order chi connectivity index (χ1) is 12.4. The Kier molecular flexibility index (Phi) is 5.52. The number of pyridine rings is 1. The largest absolute Gasteiger partial charge is 0.419 e. The number of nitrogens with one attached hydrogen (secondary N) is 3. The lowest BCUT2D eigenvalue weighted by atomic mass is 10.2. The maximum absolute atomic E-state index is 13.3. The molecule has 3 N–H and O–H groups in total. The lowest BCUT2D eigenvalue weighted by molar-refractivity contribution is -0.137. The van der Waals surface area contributed by atoms with Gasteiger partial charge in [0.2, 0.25) is 0 Å². The maximum Gasteiger partial charge on any atom is 0.419 e. The third-order valence-corrected chi connectivity index (χ3v) is 3.77. The van der Waals surface area contributed by atoms with Gasteiger partial charge in [0, 0.05) is 31.9 Å². The number of rotatable bonds is 5. The standard InChI is InChI=1S/C16H19F3N6O/c1-10-5-23-15(9-21-10)25-14-4-13(12(8-24-14)16(17,18)19)22-7-11-6-20-2-3-26-11/h4-5,8-9,11,20H,2-3,6-7H2,1H3,(H2,22,23,24,25). The lowest BCUT2D eigenvalue weighted by Crippen LogP contribution is -2.42. The van der Waals surface area contributed by atoms with Crippen molar-refractivity contribution in [3.63, 3.8) is 0 Å². The number of halogens is 3. The van der Waals surface area contributed by atoms with Crippen LogP contribution in [-0.4, -0.2) is 47.3 Å². The van der Waals surface area contributed by atoms with Crippen molar-refractivity contribution < 1.29 is 17.9 Å². The predicted octanol–water partition coefficient (Wildman–Crippen LogP) is 2.34. The molecule has 140 valence electrons. The number of hydrogen-bond donors (Lipinski definition) is 3. The second-order valence-corrected chi connectivity index (χ2v) is 5.86. The summed E-state index contributed by atoms with van der Waals surface area (Å²) in [5, 5.41) is 8.81. The van der Waals surface area contributed by atoms with Crippen LogP contribution in [0.1, 0.15) is 11.3 Å². The minimum absolute atomic E-state index is 0.0655. The highest BCUT2D eigenvalue weighted by Gasteiger charge is 2.34. The Labute approximate surface area is 148 Å². The molecule has 1 saturated heterocycles. The predicted molar refractivity (Wildman–Crippen MR) is 90.4 cm³/mol. The van der Waals surface area contributed by atoms with Crippen molar-refractivity contribution in [2.75, 3.05) is 36.9 Å². The van der Waals surface area contributed by atoms with E-state index >= 15 is 0 Å². The van der Waals surface area contributed by atoms with Crippen molar-refractivity contribution in [1.29, 1.82) is 0 Å². The van der Waals surface area contributed by atoms with E-state index in [0.29, 0.717) is 19.0 Å². The number of anilines is 3. The fraction of sp³-hybridized carbons (Fsp3) is 0.438. The van der Waals surface area contributed by atoms with Crippen molar-refractivity contribution in [3.05, 3.63) is 35.9 Å². The summed E-state index contributed by atoms with van der Waals surface area (Å²) in [6, 6.07) is 1.31. The summed E-state index contributed by atoms with van der Waals surface area (Å²) in [5.41, 5.74) is -0.162. The molecule has 0 saturated carbocycles. The number of morpholine rings is 1. The topological polar surface area (TPSA) is 84.0 Å². The van der Waals surface area contributed by atoms with Crippen molar-refractivity contribution >= 4 is 17.3 Å². The zero-order valence-electron chi connectivity index (χ0n) is 14.1. The van der Waals surface area contributed by atoms with Crippen LogP contribution in [0, 0.1) is 6.92 Å². The number of ether oxygens (including phenoxy) is 1. The summed E-state index contributed by atoms with van der Waals surface area (Å²) in [4.78, 5) is 12.0. The van der Waals surface area contributed by atoms with Crippen LogP contribution in [-0.2, 0) is 10.9 Å². The molecule has 0 amide bonds. The van der Waals surface area contributed by atoms with E-state index in [4.69, 9.17) is 4.74 Å². The molecular formula is C16H19F3N6O. The molecular weight excluding hydrogens is 349 g/mol. The second kappa shape index (κ2) is 7.83. The van der Waals surface area contributed by atoms with Gasteiger partial charge in [0.15, 0.2) is 0 Å². The highest BCUT2D eigenvalue weighted by molar-refractivity contribution is 5.62. The summed E-state index contributed by atoms with van der Waals surface area (Å²) in [7, 11) is 0. The van der Waals surface area contributed by atoms with Gasteiger partial charge in [-0.3, -0.25) is 4.98 Å². The molecule has 0 aliphatic carbocycles. The average Bonchev–Trinajstić information content (AvgIpc) is 2.62. The quantitative estimate of drug-likeness (QED) is 0.747. The van der Waals surface area contributed by atoms with E-state index in [1.807, 2.05) is 0 Å². The third kappa shape index (κ3) is 4.79. The van der Waals surface area contributed by atoms with Gasteiger partial charge >= 0.3 is 6.18 Å². The zero-order chi connectivity index (χ0) is 18.6. The van der Waals surface area contributed by atoms with Crippen LogP contribution in [0.2, 0.25) is 0 Å². The molecule has 0 bridgehead atoms. The van der Waals surface area contributed by atoms with E-state index in [1.54, 1.807) is 13.1 Å². The molecule has 2 aromatic heterocycles. The van der Waals surface area contributed by atoms with Gasteiger partial charge in [0.05, 0.1) is 42.0 Å². The summed E-state index contributed by atoms with van der Waals surface area (Å²) in [6.07, 6.45) is -0.866. The molecule has 1 unspecified atom stereocenters. The highest BCUT2D eigenvalue weighted by Crippen LogP contribution is 2.35. The van der Waals surface area contributed by atoms with Gasteiger partial charge in [0.25, 0.3) is 0 Å². The Hall–Kier alpha value is -2.46. The fourth-order valence-corrected chi connectivity index (χ4v) is 2.46. The Morgan fingerprint density at radius 2 is 2.00 bits per heavy atom. The van der Waals surface area contributed by atoms with E-state index in [0.717, 1.165) is 18.4 Å². The van der Waals surface area contributed by atoms with Crippen molar-refractivity contribution in [1.82, 2.24) is 20.3 Å². The van der Waals surface area contributed by atoms with Crippen LogP contribution in [0.25, 0.3) is 0 Å². The molecule has 0 radical (unpaired) electrons. The molecule has 3 heterocycles. The molecule has 26 heavy (non-hydrogen) atoms. The summed E-state index contributed by atoms with van der Waals surface area (Å²) < 4.78 is 45.3. The van der Waals surface area contributed by atoms with Gasteiger partial charge in [-0.25, -0.2) is 9.97 Å².